The molecule has 0 spiro atoms. The SMILES string of the molecule is Nc1nnc(SCc2ccc(F)c3cccnc23)s1. The number of rotatable bonds is 3. The lowest BCUT2D eigenvalue weighted by atomic mass is 10.1. The first-order valence-corrected chi connectivity index (χ1v) is 7.28. The molecule has 1 aromatic carbocycles. The first-order valence-electron chi connectivity index (χ1n) is 5.48. The second kappa shape index (κ2) is 5.10. The molecule has 0 saturated heterocycles. The molecule has 4 nitrogen and oxygen atoms in total. The van der Waals surface area contributed by atoms with Crippen molar-refractivity contribution in [2.75, 3.05) is 5.73 Å². The van der Waals surface area contributed by atoms with Gasteiger partial charge in [0.05, 0.1) is 5.52 Å². The van der Waals surface area contributed by atoms with Crippen molar-refractivity contribution in [3.05, 3.63) is 41.8 Å². The van der Waals surface area contributed by atoms with E-state index in [4.69, 9.17) is 5.73 Å². The topological polar surface area (TPSA) is 64.7 Å². The minimum Gasteiger partial charge on any atom is -0.374 e. The number of aromatic nitrogens is 3. The maximum atomic E-state index is 13.6. The highest BCUT2D eigenvalue weighted by Gasteiger charge is 2.08. The Morgan fingerprint density at radius 3 is 2.95 bits per heavy atom. The van der Waals surface area contributed by atoms with Crippen molar-refractivity contribution in [3.8, 4) is 0 Å². The molecule has 3 aromatic rings. The number of thioether (sulfide) groups is 1. The van der Waals surface area contributed by atoms with Gasteiger partial charge in [0, 0.05) is 17.3 Å². The van der Waals surface area contributed by atoms with E-state index >= 15 is 0 Å². The van der Waals surface area contributed by atoms with Crippen LogP contribution in [0.25, 0.3) is 10.9 Å². The molecule has 0 aliphatic heterocycles. The molecular formula is C12H9FN4S2. The van der Waals surface area contributed by atoms with Crippen molar-refractivity contribution in [3.63, 3.8) is 0 Å². The molecule has 0 amide bonds. The first-order chi connectivity index (χ1) is 9.24. The molecule has 0 unspecified atom stereocenters. The quantitative estimate of drug-likeness (QED) is 0.751. The second-order valence-corrected chi connectivity index (χ2v) is 6.03. The Hall–Kier alpha value is -1.73. The summed E-state index contributed by atoms with van der Waals surface area (Å²) in [6, 6.07) is 6.68. The zero-order valence-corrected chi connectivity index (χ0v) is 11.3. The van der Waals surface area contributed by atoms with Crippen LogP contribution in [0.1, 0.15) is 5.56 Å². The standard InChI is InChI=1S/C12H9FN4S2/c13-9-4-3-7(10-8(9)2-1-5-15-10)6-18-12-17-16-11(14)19-12/h1-5H,6H2,(H2,14,16). The van der Waals surface area contributed by atoms with E-state index in [1.54, 1.807) is 24.4 Å². The molecule has 0 saturated carbocycles. The smallest absolute Gasteiger partial charge is 0.203 e. The second-order valence-electron chi connectivity index (χ2n) is 3.80. The molecule has 7 heteroatoms. The van der Waals surface area contributed by atoms with Crippen LogP contribution in [0.4, 0.5) is 9.52 Å². The Labute approximate surface area is 116 Å². The van der Waals surface area contributed by atoms with E-state index in [-0.39, 0.29) is 5.82 Å². The summed E-state index contributed by atoms with van der Waals surface area (Å²) < 4.78 is 14.4. The highest BCUT2D eigenvalue weighted by Crippen LogP contribution is 2.29. The Morgan fingerprint density at radius 2 is 2.16 bits per heavy atom. The summed E-state index contributed by atoms with van der Waals surface area (Å²) in [5.74, 6) is 0.402. The third-order valence-corrected chi connectivity index (χ3v) is 4.51. The number of anilines is 1. The van der Waals surface area contributed by atoms with Crippen LogP contribution in [0.5, 0.6) is 0 Å². The fourth-order valence-corrected chi connectivity index (χ4v) is 3.35. The van der Waals surface area contributed by atoms with Crippen LogP contribution in [0, 0.1) is 5.82 Å². The van der Waals surface area contributed by atoms with Crippen LogP contribution in [0.3, 0.4) is 0 Å². The molecule has 2 heterocycles. The van der Waals surface area contributed by atoms with Gasteiger partial charge in [-0.05, 0) is 23.8 Å². The Morgan fingerprint density at radius 1 is 1.26 bits per heavy atom. The predicted octanol–water partition coefficient (Wildman–Crippen LogP) is 3.10. The lowest BCUT2D eigenvalue weighted by Crippen LogP contribution is -1.90. The van der Waals surface area contributed by atoms with Crippen molar-refractivity contribution < 1.29 is 4.39 Å². The fraction of sp³-hybridized carbons (Fsp3) is 0.0833. The Bertz CT molecular complexity index is 729. The molecule has 0 bridgehead atoms. The van der Waals surface area contributed by atoms with E-state index in [9.17, 15) is 4.39 Å². The minimum absolute atomic E-state index is 0.253. The van der Waals surface area contributed by atoms with E-state index in [1.165, 1.54) is 29.2 Å². The van der Waals surface area contributed by atoms with Gasteiger partial charge in [0.25, 0.3) is 0 Å². The van der Waals surface area contributed by atoms with Gasteiger partial charge in [0.15, 0.2) is 4.34 Å². The Balaban J connectivity index is 1.91. The molecule has 19 heavy (non-hydrogen) atoms. The van der Waals surface area contributed by atoms with Gasteiger partial charge in [-0.3, -0.25) is 4.98 Å². The van der Waals surface area contributed by atoms with Gasteiger partial charge in [-0.1, -0.05) is 29.2 Å². The molecule has 0 radical (unpaired) electrons. The van der Waals surface area contributed by atoms with Crippen molar-refractivity contribution >= 4 is 39.1 Å². The van der Waals surface area contributed by atoms with Crippen molar-refractivity contribution in [2.45, 2.75) is 10.1 Å². The van der Waals surface area contributed by atoms with Crippen LogP contribution in [-0.4, -0.2) is 15.2 Å². The number of nitrogens with two attached hydrogens (primary N) is 1. The zero-order valence-electron chi connectivity index (χ0n) is 9.71. The lowest BCUT2D eigenvalue weighted by molar-refractivity contribution is 0.639. The number of hydrogen-bond acceptors (Lipinski definition) is 6. The molecule has 3 rings (SSSR count). The first kappa shape index (κ1) is 12.3. The van der Waals surface area contributed by atoms with Crippen LogP contribution in [0.15, 0.2) is 34.8 Å². The fourth-order valence-electron chi connectivity index (χ4n) is 1.73. The normalized spacial score (nSPS) is 11.0. The molecule has 0 atom stereocenters. The maximum absolute atomic E-state index is 13.6. The van der Waals surface area contributed by atoms with Crippen molar-refractivity contribution in [1.29, 1.82) is 0 Å². The number of benzene rings is 1. The molecule has 2 N–H and O–H groups in total. The summed E-state index contributed by atoms with van der Waals surface area (Å²) in [5.41, 5.74) is 7.18. The Kier molecular flexibility index (Phi) is 3.31. The third kappa shape index (κ3) is 2.52. The van der Waals surface area contributed by atoms with Crippen LogP contribution in [0.2, 0.25) is 0 Å². The monoisotopic (exact) mass is 292 g/mol. The largest absolute Gasteiger partial charge is 0.374 e. The summed E-state index contributed by atoms with van der Waals surface area (Å²) >= 11 is 2.86. The summed E-state index contributed by atoms with van der Waals surface area (Å²) in [6.45, 7) is 0. The number of nitrogens with zero attached hydrogens (tertiary/aromatic N) is 3. The number of nitrogen functional groups attached to an aromatic ring is 1. The van der Waals surface area contributed by atoms with Crippen molar-refractivity contribution in [2.24, 2.45) is 0 Å². The van der Waals surface area contributed by atoms with Crippen LogP contribution in [-0.2, 0) is 5.75 Å². The molecular weight excluding hydrogens is 283 g/mol. The lowest BCUT2D eigenvalue weighted by Gasteiger charge is -2.04. The summed E-state index contributed by atoms with van der Waals surface area (Å²) in [6.07, 6.45) is 1.67. The van der Waals surface area contributed by atoms with Gasteiger partial charge in [-0.15, -0.1) is 10.2 Å². The molecule has 96 valence electrons. The minimum atomic E-state index is -0.253. The number of pyridine rings is 1. The zero-order chi connectivity index (χ0) is 13.2. The van der Waals surface area contributed by atoms with Crippen LogP contribution >= 0.6 is 23.1 Å². The highest BCUT2D eigenvalue weighted by molar-refractivity contribution is 8.00. The van der Waals surface area contributed by atoms with Gasteiger partial charge < -0.3 is 5.73 Å². The predicted molar refractivity (Wildman–Crippen MR) is 75.6 cm³/mol. The number of halogens is 1. The molecule has 0 aliphatic rings. The summed E-state index contributed by atoms with van der Waals surface area (Å²) in [7, 11) is 0. The molecule has 0 fully saturated rings. The van der Waals surface area contributed by atoms with Crippen LogP contribution < -0.4 is 5.73 Å². The highest BCUT2D eigenvalue weighted by atomic mass is 32.2. The summed E-state index contributed by atoms with van der Waals surface area (Å²) in [5, 5.41) is 8.68. The van der Waals surface area contributed by atoms with Gasteiger partial charge in [-0.2, -0.15) is 0 Å². The van der Waals surface area contributed by atoms with Gasteiger partial charge >= 0.3 is 0 Å². The number of fused-ring (bicyclic) bond motifs is 1. The summed E-state index contributed by atoms with van der Waals surface area (Å²) in [4.78, 5) is 4.25. The van der Waals surface area contributed by atoms with E-state index in [0.717, 1.165) is 9.90 Å². The van der Waals surface area contributed by atoms with E-state index in [1.807, 2.05) is 0 Å². The van der Waals surface area contributed by atoms with E-state index in [2.05, 4.69) is 15.2 Å². The average molecular weight is 292 g/mol. The number of hydrogen-bond donors (Lipinski definition) is 1. The van der Waals surface area contributed by atoms with E-state index < -0.39 is 0 Å². The van der Waals surface area contributed by atoms with E-state index in [0.29, 0.717) is 21.8 Å². The van der Waals surface area contributed by atoms with Gasteiger partial charge in [0.2, 0.25) is 5.13 Å². The molecule has 0 aliphatic carbocycles. The third-order valence-electron chi connectivity index (χ3n) is 2.57. The van der Waals surface area contributed by atoms with Gasteiger partial charge in [-0.25, -0.2) is 4.39 Å². The maximum Gasteiger partial charge on any atom is 0.203 e. The average Bonchev–Trinajstić information content (AvgIpc) is 2.84. The van der Waals surface area contributed by atoms with Gasteiger partial charge in [0.1, 0.15) is 5.82 Å². The molecule has 2 aromatic heterocycles. The van der Waals surface area contributed by atoms with Crippen molar-refractivity contribution in [1.82, 2.24) is 15.2 Å².